The standard InChI is InChI=1S/C13H24N2O4/c14-9(6-12(17)10(15)7-13(18)19)11(16)5-8-3-1-2-4-8/h8-11,16H,1-7,14-15H2,(H,18,19). The molecule has 0 bridgehead atoms. The minimum absolute atomic E-state index is 0.0671. The van der Waals surface area contributed by atoms with Gasteiger partial charge >= 0.3 is 5.97 Å². The molecule has 0 saturated heterocycles. The van der Waals surface area contributed by atoms with Crippen LogP contribution in [0.2, 0.25) is 0 Å². The zero-order chi connectivity index (χ0) is 14.4. The van der Waals surface area contributed by atoms with Crippen LogP contribution < -0.4 is 11.5 Å². The van der Waals surface area contributed by atoms with E-state index in [2.05, 4.69) is 0 Å². The van der Waals surface area contributed by atoms with Gasteiger partial charge in [0, 0.05) is 12.5 Å². The highest BCUT2D eigenvalue weighted by atomic mass is 16.4. The Morgan fingerprint density at radius 1 is 1.16 bits per heavy atom. The highest BCUT2D eigenvalue weighted by molar-refractivity contribution is 5.88. The molecular formula is C13H24N2O4. The van der Waals surface area contributed by atoms with Gasteiger partial charge in [-0.05, 0) is 12.3 Å². The molecular weight excluding hydrogens is 248 g/mol. The molecule has 1 aliphatic carbocycles. The number of aliphatic hydroxyl groups excluding tert-OH is 1. The zero-order valence-corrected chi connectivity index (χ0v) is 11.1. The molecule has 110 valence electrons. The number of aliphatic carboxylic acids is 1. The van der Waals surface area contributed by atoms with Crippen molar-refractivity contribution in [2.45, 2.75) is 63.1 Å². The second-order valence-corrected chi connectivity index (χ2v) is 5.49. The number of carboxylic acid groups (broad SMARTS) is 1. The van der Waals surface area contributed by atoms with Crippen molar-refractivity contribution in [1.29, 1.82) is 0 Å². The monoisotopic (exact) mass is 272 g/mol. The molecule has 6 N–H and O–H groups in total. The number of Topliss-reactive ketones (excluding diaryl/α,β-unsaturated/α-hetero) is 1. The molecule has 0 radical (unpaired) electrons. The number of hydrogen-bond acceptors (Lipinski definition) is 5. The van der Waals surface area contributed by atoms with Gasteiger partial charge in [-0.15, -0.1) is 0 Å². The summed E-state index contributed by atoms with van der Waals surface area (Å²) in [7, 11) is 0. The fraction of sp³-hybridized carbons (Fsp3) is 0.846. The lowest BCUT2D eigenvalue weighted by Crippen LogP contribution is -2.42. The summed E-state index contributed by atoms with van der Waals surface area (Å²) in [6, 6.07) is -1.70. The summed E-state index contributed by atoms with van der Waals surface area (Å²) in [6.45, 7) is 0. The van der Waals surface area contributed by atoms with E-state index in [1.807, 2.05) is 0 Å². The van der Waals surface area contributed by atoms with Crippen LogP contribution >= 0.6 is 0 Å². The molecule has 0 aromatic heterocycles. The highest BCUT2D eigenvalue weighted by Crippen LogP contribution is 2.29. The maximum absolute atomic E-state index is 11.7. The number of rotatable bonds is 8. The molecule has 0 aromatic rings. The van der Waals surface area contributed by atoms with Gasteiger partial charge in [0.2, 0.25) is 0 Å². The molecule has 6 nitrogen and oxygen atoms in total. The third-order valence-electron chi connectivity index (χ3n) is 3.79. The molecule has 1 saturated carbocycles. The fourth-order valence-corrected chi connectivity index (χ4v) is 2.58. The van der Waals surface area contributed by atoms with Crippen molar-refractivity contribution in [3.8, 4) is 0 Å². The molecule has 1 rings (SSSR count). The summed E-state index contributed by atoms with van der Waals surface area (Å²) < 4.78 is 0. The van der Waals surface area contributed by atoms with Gasteiger partial charge in [0.1, 0.15) is 0 Å². The fourth-order valence-electron chi connectivity index (χ4n) is 2.58. The Bertz CT molecular complexity index is 316. The van der Waals surface area contributed by atoms with E-state index in [0.29, 0.717) is 12.3 Å². The van der Waals surface area contributed by atoms with Crippen LogP contribution in [0.3, 0.4) is 0 Å². The molecule has 1 aliphatic rings. The van der Waals surface area contributed by atoms with Crippen molar-refractivity contribution in [3.63, 3.8) is 0 Å². The number of nitrogens with two attached hydrogens (primary N) is 2. The number of ketones is 1. The average Bonchev–Trinajstić information content (AvgIpc) is 2.80. The van der Waals surface area contributed by atoms with E-state index < -0.39 is 36.4 Å². The Balaban J connectivity index is 2.33. The van der Waals surface area contributed by atoms with Crippen molar-refractivity contribution in [2.24, 2.45) is 17.4 Å². The molecule has 1 fully saturated rings. The van der Waals surface area contributed by atoms with Crippen LogP contribution in [0.25, 0.3) is 0 Å². The van der Waals surface area contributed by atoms with Gasteiger partial charge in [-0.2, -0.15) is 0 Å². The zero-order valence-electron chi connectivity index (χ0n) is 11.1. The Morgan fingerprint density at radius 3 is 2.26 bits per heavy atom. The van der Waals surface area contributed by atoms with E-state index in [-0.39, 0.29) is 6.42 Å². The van der Waals surface area contributed by atoms with E-state index in [4.69, 9.17) is 16.6 Å². The van der Waals surface area contributed by atoms with Gasteiger partial charge in [-0.25, -0.2) is 0 Å². The minimum Gasteiger partial charge on any atom is -0.481 e. The van der Waals surface area contributed by atoms with E-state index >= 15 is 0 Å². The summed E-state index contributed by atoms with van der Waals surface area (Å²) in [5.41, 5.74) is 11.3. The molecule has 0 aliphatic heterocycles. The summed E-state index contributed by atoms with van der Waals surface area (Å²) >= 11 is 0. The third kappa shape index (κ3) is 5.67. The largest absolute Gasteiger partial charge is 0.481 e. The molecule has 6 heteroatoms. The van der Waals surface area contributed by atoms with Crippen molar-refractivity contribution in [2.75, 3.05) is 0 Å². The first-order chi connectivity index (χ1) is 8.90. The van der Waals surface area contributed by atoms with Gasteiger partial charge in [0.15, 0.2) is 5.78 Å². The van der Waals surface area contributed by atoms with Crippen LogP contribution in [0.15, 0.2) is 0 Å². The first-order valence-corrected chi connectivity index (χ1v) is 6.84. The smallest absolute Gasteiger partial charge is 0.305 e. The van der Waals surface area contributed by atoms with Crippen LogP contribution in [0, 0.1) is 5.92 Å². The summed E-state index contributed by atoms with van der Waals surface area (Å²) in [6.07, 6.45) is 4.02. The molecule has 3 atom stereocenters. The van der Waals surface area contributed by atoms with Gasteiger partial charge in [0.05, 0.1) is 18.6 Å². The van der Waals surface area contributed by atoms with Crippen molar-refractivity contribution < 1.29 is 19.8 Å². The van der Waals surface area contributed by atoms with Gasteiger partial charge in [-0.1, -0.05) is 25.7 Å². The Labute approximate surface area is 113 Å². The van der Waals surface area contributed by atoms with Crippen LogP contribution in [0.4, 0.5) is 0 Å². The SMILES string of the molecule is NC(CC(=O)O)C(=O)CC(N)C(O)CC1CCCC1. The minimum atomic E-state index is -1.11. The van der Waals surface area contributed by atoms with Crippen molar-refractivity contribution in [1.82, 2.24) is 0 Å². The Morgan fingerprint density at radius 2 is 1.74 bits per heavy atom. The lowest BCUT2D eigenvalue weighted by Gasteiger charge is -2.22. The Hall–Kier alpha value is -0.980. The maximum atomic E-state index is 11.7. The molecule has 0 amide bonds. The molecule has 0 heterocycles. The number of carbonyl (C=O) groups is 2. The molecule has 19 heavy (non-hydrogen) atoms. The van der Waals surface area contributed by atoms with Crippen molar-refractivity contribution in [3.05, 3.63) is 0 Å². The topological polar surface area (TPSA) is 127 Å². The van der Waals surface area contributed by atoms with Crippen LogP contribution in [-0.4, -0.2) is 40.2 Å². The van der Waals surface area contributed by atoms with Crippen molar-refractivity contribution >= 4 is 11.8 Å². The van der Waals surface area contributed by atoms with Gasteiger partial charge < -0.3 is 21.7 Å². The van der Waals surface area contributed by atoms with E-state index in [0.717, 1.165) is 12.8 Å². The van der Waals surface area contributed by atoms with Gasteiger partial charge in [-0.3, -0.25) is 9.59 Å². The third-order valence-corrected chi connectivity index (χ3v) is 3.79. The predicted molar refractivity (Wildman–Crippen MR) is 70.4 cm³/mol. The lowest BCUT2D eigenvalue weighted by atomic mass is 9.92. The highest BCUT2D eigenvalue weighted by Gasteiger charge is 2.26. The lowest BCUT2D eigenvalue weighted by molar-refractivity contribution is -0.139. The number of carbonyl (C=O) groups excluding carboxylic acids is 1. The van der Waals surface area contributed by atoms with Crippen LogP contribution in [0.5, 0.6) is 0 Å². The molecule has 3 unspecified atom stereocenters. The van der Waals surface area contributed by atoms with E-state index in [1.165, 1.54) is 12.8 Å². The first kappa shape index (κ1) is 16.1. The van der Waals surface area contributed by atoms with E-state index in [9.17, 15) is 14.7 Å². The number of carboxylic acids is 1. The summed E-state index contributed by atoms with van der Waals surface area (Å²) in [4.78, 5) is 22.1. The maximum Gasteiger partial charge on any atom is 0.305 e. The quantitative estimate of drug-likeness (QED) is 0.493. The average molecular weight is 272 g/mol. The second kappa shape index (κ2) is 7.57. The second-order valence-electron chi connectivity index (χ2n) is 5.49. The molecule has 0 spiro atoms. The summed E-state index contributed by atoms with van der Waals surface area (Å²) in [5.74, 6) is -1.02. The Kier molecular flexibility index (Phi) is 6.41. The molecule has 0 aromatic carbocycles. The predicted octanol–water partition coefficient (Wildman–Crippen LogP) is 0.0161. The van der Waals surface area contributed by atoms with Crippen LogP contribution in [0.1, 0.15) is 44.9 Å². The van der Waals surface area contributed by atoms with E-state index in [1.54, 1.807) is 0 Å². The first-order valence-electron chi connectivity index (χ1n) is 6.84. The normalized spacial score (nSPS) is 21.0. The number of hydrogen-bond donors (Lipinski definition) is 4. The van der Waals surface area contributed by atoms with Gasteiger partial charge in [0.25, 0.3) is 0 Å². The van der Waals surface area contributed by atoms with Crippen LogP contribution in [-0.2, 0) is 9.59 Å². The number of aliphatic hydroxyl groups is 1. The summed E-state index contributed by atoms with van der Waals surface area (Å²) in [5, 5.41) is 18.5.